The average molecular weight is 184 g/mol. The Balaban J connectivity index is 3.08. The summed E-state index contributed by atoms with van der Waals surface area (Å²) >= 11 is 0. The molecule has 0 N–H and O–H groups in total. The summed E-state index contributed by atoms with van der Waals surface area (Å²) < 4.78 is 58.2. The lowest BCUT2D eigenvalue weighted by Crippen LogP contribution is -2.18. The van der Waals surface area contributed by atoms with E-state index in [0.717, 1.165) is 0 Å². The van der Waals surface area contributed by atoms with Gasteiger partial charge >= 0.3 is 6.30 Å². The fourth-order valence-electron chi connectivity index (χ4n) is 0.576. The molecule has 7 heteroatoms. The molecule has 0 saturated heterocycles. The summed E-state index contributed by atoms with van der Waals surface area (Å²) in [6, 6.07) is 0. The second-order valence-electron chi connectivity index (χ2n) is 1.81. The Labute approximate surface area is 63.6 Å². The maximum Gasteiger partial charge on any atom is 0.490 e. The van der Waals surface area contributed by atoms with E-state index < -0.39 is 23.0 Å². The number of hydrogen-bond donors (Lipinski definition) is 0. The van der Waals surface area contributed by atoms with E-state index in [0.29, 0.717) is 0 Å². The number of imidazole rings is 1. The molecule has 1 aromatic rings. The topological polar surface area (TPSA) is 17.8 Å². The fourth-order valence-corrected chi connectivity index (χ4v) is 0.576. The minimum atomic E-state index is -4.92. The predicted octanol–water partition coefficient (Wildman–Crippen LogP) is 1.90. The van der Waals surface area contributed by atoms with Crippen LogP contribution in [0.2, 0.25) is 0 Å². The SMILES string of the molecule is FC(F)c1[c]n[c]n1C(F)(F)F. The number of halogens is 5. The van der Waals surface area contributed by atoms with Gasteiger partial charge in [-0.05, 0) is 0 Å². The molecule has 1 heterocycles. The van der Waals surface area contributed by atoms with Crippen molar-refractivity contribution in [2.45, 2.75) is 12.7 Å². The molecule has 0 spiro atoms. The van der Waals surface area contributed by atoms with Crippen molar-refractivity contribution in [1.29, 1.82) is 0 Å². The first-order valence-electron chi connectivity index (χ1n) is 2.66. The van der Waals surface area contributed by atoms with Gasteiger partial charge in [0.2, 0.25) is 0 Å². The maximum absolute atomic E-state index is 11.8. The number of rotatable bonds is 1. The highest BCUT2D eigenvalue weighted by atomic mass is 19.4. The van der Waals surface area contributed by atoms with Crippen LogP contribution in [0.1, 0.15) is 12.1 Å². The monoisotopic (exact) mass is 184 g/mol. The molecule has 2 radical (unpaired) electrons. The number of nitrogens with zero attached hydrogens (tertiary/aromatic N) is 2. The molecule has 0 fully saturated rings. The predicted molar refractivity (Wildman–Crippen MR) is 26.2 cm³/mol. The molecule has 0 atom stereocenters. The van der Waals surface area contributed by atoms with Crippen LogP contribution in [0.15, 0.2) is 0 Å². The van der Waals surface area contributed by atoms with E-state index in [1.54, 1.807) is 0 Å². The number of hydrogen-bond acceptors (Lipinski definition) is 1. The molecule has 0 aliphatic carbocycles. The Bertz CT molecular complexity index is 263. The van der Waals surface area contributed by atoms with Crippen LogP contribution in [-0.2, 0) is 6.30 Å². The first-order chi connectivity index (χ1) is 5.43. The van der Waals surface area contributed by atoms with Gasteiger partial charge in [-0.25, -0.2) is 18.3 Å². The van der Waals surface area contributed by atoms with Crippen LogP contribution in [0.3, 0.4) is 0 Å². The quantitative estimate of drug-likeness (QED) is 0.609. The molecular weight excluding hydrogens is 183 g/mol. The molecular formula is C5HF5N2. The molecule has 1 rings (SSSR count). The minimum absolute atomic E-state index is 0.697. The maximum atomic E-state index is 11.8. The van der Waals surface area contributed by atoms with Crippen molar-refractivity contribution in [3.05, 3.63) is 18.2 Å². The third-order valence-electron chi connectivity index (χ3n) is 1.02. The molecule has 0 unspecified atom stereocenters. The summed E-state index contributed by atoms with van der Waals surface area (Å²) in [7, 11) is 0. The van der Waals surface area contributed by atoms with E-state index in [2.05, 4.69) is 4.98 Å². The molecule has 0 aromatic carbocycles. The Hall–Kier alpha value is -1.14. The molecule has 2 nitrogen and oxygen atoms in total. The van der Waals surface area contributed by atoms with Gasteiger partial charge < -0.3 is 0 Å². The standard InChI is InChI=1S/C5HF5N2/c6-4(7)3-1-11-2-12(3)5(8,9)10/h4H. The second-order valence-corrected chi connectivity index (χ2v) is 1.81. The summed E-state index contributed by atoms with van der Waals surface area (Å²) in [5.41, 5.74) is -1.33. The van der Waals surface area contributed by atoms with Crippen molar-refractivity contribution >= 4 is 0 Å². The number of alkyl halides is 5. The van der Waals surface area contributed by atoms with Gasteiger partial charge in [0.25, 0.3) is 6.43 Å². The van der Waals surface area contributed by atoms with Gasteiger partial charge in [-0.2, -0.15) is 0 Å². The lowest BCUT2D eigenvalue weighted by Gasteiger charge is -2.08. The second kappa shape index (κ2) is 2.72. The first-order valence-corrected chi connectivity index (χ1v) is 2.66. The van der Waals surface area contributed by atoms with E-state index in [-0.39, 0.29) is 0 Å². The van der Waals surface area contributed by atoms with E-state index in [1.165, 1.54) is 12.5 Å². The third kappa shape index (κ3) is 1.54. The zero-order valence-corrected chi connectivity index (χ0v) is 5.36. The lowest BCUT2D eigenvalue weighted by molar-refractivity contribution is -0.208. The average Bonchev–Trinajstić information content (AvgIpc) is 2.30. The van der Waals surface area contributed by atoms with Crippen LogP contribution >= 0.6 is 0 Å². The van der Waals surface area contributed by atoms with Crippen molar-refractivity contribution < 1.29 is 22.0 Å². The summed E-state index contributed by atoms with van der Waals surface area (Å²) in [6.07, 6.45) is -5.34. The molecule has 0 aliphatic heterocycles. The van der Waals surface area contributed by atoms with Gasteiger partial charge in [0.15, 0.2) is 6.33 Å². The molecule has 0 saturated carbocycles. The van der Waals surface area contributed by atoms with E-state index >= 15 is 0 Å². The Morgan fingerprint density at radius 1 is 1.33 bits per heavy atom. The zero-order valence-electron chi connectivity index (χ0n) is 5.36. The van der Waals surface area contributed by atoms with E-state index in [1.807, 2.05) is 0 Å². The molecule has 0 aliphatic rings. The van der Waals surface area contributed by atoms with Gasteiger partial charge in [0, 0.05) is 0 Å². The molecule has 0 bridgehead atoms. The van der Waals surface area contributed by atoms with Crippen molar-refractivity contribution in [3.8, 4) is 0 Å². The Kier molecular flexibility index (Phi) is 2.03. The lowest BCUT2D eigenvalue weighted by atomic mass is 10.5. The van der Waals surface area contributed by atoms with Crippen LogP contribution in [-0.4, -0.2) is 9.55 Å². The van der Waals surface area contributed by atoms with Gasteiger partial charge in [-0.3, -0.25) is 0 Å². The summed E-state index contributed by atoms with van der Waals surface area (Å²) in [4.78, 5) is 2.72. The fraction of sp³-hybridized carbons (Fsp3) is 0.400. The van der Waals surface area contributed by atoms with Crippen molar-refractivity contribution in [2.24, 2.45) is 0 Å². The van der Waals surface area contributed by atoms with Crippen molar-refractivity contribution in [1.82, 2.24) is 9.55 Å². The summed E-state index contributed by atoms with van der Waals surface area (Å²) in [5, 5.41) is 0. The van der Waals surface area contributed by atoms with Crippen molar-refractivity contribution in [2.75, 3.05) is 0 Å². The molecule has 66 valence electrons. The van der Waals surface area contributed by atoms with Gasteiger partial charge in [0.05, 0.1) is 0 Å². The van der Waals surface area contributed by atoms with Gasteiger partial charge in [-0.1, -0.05) is 0 Å². The minimum Gasteiger partial charge on any atom is -0.229 e. The number of aromatic nitrogens is 2. The van der Waals surface area contributed by atoms with Crippen LogP contribution in [0, 0.1) is 12.5 Å². The highest BCUT2D eigenvalue weighted by Gasteiger charge is 2.35. The van der Waals surface area contributed by atoms with Crippen LogP contribution < -0.4 is 0 Å². The highest BCUT2D eigenvalue weighted by Crippen LogP contribution is 2.27. The first kappa shape index (κ1) is 8.95. The largest absolute Gasteiger partial charge is 0.490 e. The van der Waals surface area contributed by atoms with Crippen LogP contribution in [0.5, 0.6) is 0 Å². The van der Waals surface area contributed by atoms with Crippen LogP contribution in [0.25, 0.3) is 0 Å². The normalized spacial score (nSPS) is 12.5. The van der Waals surface area contributed by atoms with E-state index in [9.17, 15) is 22.0 Å². The van der Waals surface area contributed by atoms with Crippen molar-refractivity contribution in [3.63, 3.8) is 0 Å². The van der Waals surface area contributed by atoms with Gasteiger partial charge in [-0.15, -0.1) is 13.2 Å². The van der Waals surface area contributed by atoms with E-state index in [4.69, 9.17) is 0 Å². The summed E-state index contributed by atoms with van der Waals surface area (Å²) in [6.45, 7) is 0. The summed E-state index contributed by atoms with van der Waals surface area (Å²) in [5.74, 6) is 0. The highest BCUT2D eigenvalue weighted by molar-refractivity contribution is 4.98. The zero-order chi connectivity index (χ0) is 9.35. The Morgan fingerprint density at radius 3 is 2.25 bits per heavy atom. The van der Waals surface area contributed by atoms with Gasteiger partial charge in [0.1, 0.15) is 11.9 Å². The molecule has 1 aromatic heterocycles. The smallest absolute Gasteiger partial charge is 0.229 e. The Morgan fingerprint density at radius 2 is 1.92 bits per heavy atom. The van der Waals surface area contributed by atoms with Crippen LogP contribution in [0.4, 0.5) is 22.0 Å². The molecule has 12 heavy (non-hydrogen) atoms. The third-order valence-corrected chi connectivity index (χ3v) is 1.02. The molecule has 0 amide bonds.